The molecule has 1 heterocycles. The van der Waals surface area contributed by atoms with E-state index in [1.165, 1.54) is 7.11 Å². The Morgan fingerprint density at radius 1 is 1.12 bits per heavy atom. The average molecular weight is 341 g/mol. The van der Waals surface area contributed by atoms with Crippen molar-refractivity contribution in [3.63, 3.8) is 0 Å². The van der Waals surface area contributed by atoms with Gasteiger partial charge in [-0.2, -0.15) is 0 Å². The molecule has 1 aliphatic rings. The Hall–Kier alpha value is -2.86. The summed E-state index contributed by atoms with van der Waals surface area (Å²) in [6.07, 6.45) is -2.11. The second-order valence-electron chi connectivity index (χ2n) is 5.78. The van der Waals surface area contributed by atoms with Crippen molar-refractivity contribution in [1.82, 2.24) is 4.90 Å². The highest BCUT2D eigenvalue weighted by Crippen LogP contribution is 2.34. The predicted molar refractivity (Wildman–Crippen MR) is 90.4 cm³/mol. The summed E-state index contributed by atoms with van der Waals surface area (Å²) in [5, 5.41) is 0. The van der Waals surface area contributed by atoms with Crippen LogP contribution in [0.25, 0.3) is 0 Å². The van der Waals surface area contributed by atoms with Crippen molar-refractivity contribution in [2.75, 3.05) is 13.7 Å². The number of benzene rings is 2. The van der Waals surface area contributed by atoms with Crippen LogP contribution in [0.15, 0.2) is 54.6 Å². The second kappa shape index (κ2) is 7.36. The number of rotatable bonds is 4. The lowest BCUT2D eigenvalue weighted by Gasteiger charge is -2.22. The largest absolute Gasteiger partial charge is 0.441 e. The molecule has 6 heteroatoms. The van der Waals surface area contributed by atoms with Crippen molar-refractivity contribution in [2.24, 2.45) is 0 Å². The molecule has 0 saturated carbocycles. The molecule has 3 rings (SSSR count). The fraction of sp³-hybridized carbons (Fsp3) is 0.263. The summed E-state index contributed by atoms with van der Waals surface area (Å²) in [6, 6.07) is 15.6. The maximum absolute atomic E-state index is 12.6. The maximum Gasteiger partial charge on any atom is 0.425 e. The number of hydrogen-bond donors (Lipinski definition) is 0. The summed E-state index contributed by atoms with van der Waals surface area (Å²) in [5.74, 6) is 0.366. The first kappa shape index (κ1) is 17.0. The van der Waals surface area contributed by atoms with Gasteiger partial charge in [-0.15, -0.1) is 0 Å². The molecule has 0 aliphatic carbocycles. The van der Waals surface area contributed by atoms with Crippen LogP contribution in [0.4, 0.5) is 9.59 Å². The van der Waals surface area contributed by atoms with E-state index < -0.39 is 24.3 Å². The molecule has 0 N–H and O–H groups in total. The van der Waals surface area contributed by atoms with Gasteiger partial charge in [-0.3, -0.25) is 0 Å². The highest BCUT2D eigenvalue weighted by molar-refractivity contribution is 5.91. The zero-order valence-electron chi connectivity index (χ0n) is 14.0. The Labute approximate surface area is 145 Å². The molecule has 2 aromatic carbocycles. The number of imide groups is 1. The minimum absolute atomic E-state index is 0.180. The molecule has 2 atom stereocenters. The van der Waals surface area contributed by atoms with Crippen molar-refractivity contribution in [2.45, 2.75) is 19.1 Å². The molecule has 0 radical (unpaired) electrons. The van der Waals surface area contributed by atoms with Crippen molar-refractivity contribution in [3.8, 4) is 5.75 Å². The van der Waals surface area contributed by atoms with Crippen molar-refractivity contribution in [3.05, 3.63) is 65.7 Å². The molecule has 130 valence electrons. The predicted octanol–water partition coefficient (Wildman–Crippen LogP) is 3.70. The number of hydrogen-bond acceptors (Lipinski definition) is 5. The standard InChI is InChI=1S/C19H19NO5/c1-13-8-10-15(11-9-13)24-18(21)20-17(14-6-4-3-5-7-14)16(12-23-2)25-19(20)22/h3-11,16-17H,12H2,1-2H3. The number of amides is 2. The molecule has 1 aliphatic heterocycles. The average Bonchev–Trinajstić information content (AvgIpc) is 2.94. The van der Waals surface area contributed by atoms with Crippen LogP contribution in [0.1, 0.15) is 17.2 Å². The Bertz CT molecular complexity index is 744. The Morgan fingerprint density at radius 2 is 1.80 bits per heavy atom. The molecule has 2 unspecified atom stereocenters. The molecule has 25 heavy (non-hydrogen) atoms. The van der Waals surface area contributed by atoms with E-state index in [1.54, 1.807) is 12.1 Å². The van der Waals surface area contributed by atoms with Gasteiger partial charge in [-0.25, -0.2) is 14.5 Å². The quantitative estimate of drug-likeness (QED) is 0.848. The van der Waals surface area contributed by atoms with Gasteiger partial charge in [0.15, 0.2) is 6.10 Å². The van der Waals surface area contributed by atoms with E-state index in [9.17, 15) is 9.59 Å². The molecule has 2 aromatic rings. The molecule has 0 bridgehead atoms. The fourth-order valence-electron chi connectivity index (χ4n) is 2.78. The van der Waals surface area contributed by atoms with Gasteiger partial charge in [0.25, 0.3) is 0 Å². The zero-order valence-corrected chi connectivity index (χ0v) is 14.0. The van der Waals surface area contributed by atoms with Crippen LogP contribution in [-0.2, 0) is 9.47 Å². The van der Waals surface area contributed by atoms with Crippen molar-refractivity contribution < 1.29 is 23.8 Å². The van der Waals surface area contributed by atoms with Crippen molar-refractivity contribution in [1.29, 1.82) is 0 Å². The molecule has 1 saturated heterocycles. The molecule has 0 spiro atoms. The third-order valence-corrected chi connectivity index (χ3v) is 3.97. The molecule has 0 aromatic heterocycles. The van der Waals surface area contributed by atoms with E-state index in [2.05, 4.69) is 0 Å². The van der Waals surface area contributed by atoms with E-state index in [0.717, 1.165) is 16.0 Å². The lowest BCUT2D eigenvalue weighted by Crippen LogP contribution is -2.38. The third-order valence-electron chi connectivity index (χ3n) is 3.97. The van der Waals surface area contributed by atoms with Crippen LogP contribution in [0.3, 0.4) is 0 Å². The molecule has 2 amide bonds. The minimum Gasteiger partial charge on any atom is -0.441 e. The van der Waals surface area contributed by atoms with Gasteiger partial charge in [-0.1, -0.05) is 48.0 Å². The number of methoxy groups -OCH3 is 1. The smallest absolute Gasteiger partial charge is 0.425 e. The second-order valence-corrected chi connectivity index (χ2v) is 5.78. The highest BCUT2D eigenvalue weighted by Gasteiger charge is 2.47. The van der Waals surface area contributed by atoms with Crippen LogP contribution in [0.2, 0.25) is 0 Å². The first-order valence-electron chi connectivity index (χ1n) is 7.92. The minimum atomic E-state index is -0.777. The van der Waals surface area contributed by atoms with Gasteiger partial charge >= 0.3 is 12.2 Å². The van der Waals surface area contributed by atoms with Crippen LogP contribution in [0.5, 0.6) is 5.75 Å². The van der Waals surface area contributed by atoms with Crippen molar-refractivity contribution >= 4 is 12.2 Å². The summed E-state index contributed by atoms with van der Waals surface area (Å²) >= 11 is 0. The Balaban J connectivity index is 1.87. The number of cyclic esters (lactones) is 1. The van der Waals surface area contributed by atoms with Crippen LogP contribution < -0.4 is 4.74 Å². The third kappa shape index (κ3) is 3.64. The number of nitrogens with zero attached hydrogens (tertiary/aromatic N) is 1. The Kier molecular flexibility index (Phi) is 5.00. The number of ether oxygens (including phenoxy) is 3. The van der Waals surface area contributed by atoms with Gasteiger partial charge in [0, 0.05) is 7.11 Å². The normalized spacial score (nSPS) is 19.6. The highest BCUT2D eigenvalue weighted by atomic mass is 16.6. The van der Waals surface area contributed by atoms with E-state index in [4.69, 9.17) is 14.2 Å². The molecule has 1 fully saturated rings. The zero-order chi connectivity index (χ0) is 17.8. The monoisotopic (exact) mass is 341 g/mol. The maximum atomic E-state index is 12.6. The topological polar surface area (TPSA) is 65.1 Å². The van der Waals surface area contributed by atoms with Gasteiger partial charge < -0.3 is 14.2 Å². The number of carbonyl (C=O) groups excluding carboxylic acids is 2. The SMILES string of the molecule is COCC1OC(=O)N(C(=O)Oc2ccc(C)cc2)C1c1ccccc1. The van der Waals surface area contributed by atoms with E-state index in [1.807, 2.05) is 49.4 Å². The van der Waals surface area contributed by atoms with E-state index in [0.29, 0.717) is 5.75 Å². The van der Waals surface area contributed by atoms with Gasteiger partial charge in [0.05, 0.1) is 6.61 Å². The number of aryl methyl sites for hydroxylation is 1. The lowest BCUT2D eigenvalue weighted by atomic mass is 10.0. The molecular weight excluding hydrogens is 322 g/mol. The van der Waals surface area contributed by atoms with E-state index in [-0.39, 0.29) is 6.61 Å². The summed E-state index contributed by atoms with van der Waals surface area (Å²) in [6.45, 7) is 2.11. The lowest BCUT2D eigenvalue weighted by molar-refractivity contribution is 0.0582. The fourth-order valence-corrected chi connectivity index (χ4v) is 2.78. The van der Waals surface area contributed by atoms with Crippen LogP contribution >= 0.6 is 0 Å². The van der Waals surface area contributed by atoms with Crippen LogP contribution in [-0.4, -0.2) is 36.9 Å². The van der Waals surface area contributed by atoms with Gasteiger partial charge in [0.1, 0.15) is 11.8 Å². The van der Waals surface area contributed by atoms with Gasteiger partial charge in [0.2, 0.25) is 0 Å². The molecular formula is C19H19NO5. The van der Waals surface area contributed by atoms with Crippen LogP contribution in [0, 0.1) is 6.92 Å². The molecule has 6 nitrogen and oxygen atoms in total. The first-order chi connectivity index (χ1) is 12.1. The van der Waals surface area contributed by atoms with E-state index >= 15 is 0 Å². The summed E-state index contributed by atoms with van der Waals surface area (Å²) in [4.78, 5) is 25.9. The summed E-state index contributed by atoms with van der Waals surface area (Å²) in [7, 11) is 1.52. The Morgan fingerprint density at radius 3 is 2.44 bits per heavy atom. The summed E-state index contributed by atoms with van der Waals surface area (Å²) < 4.78 is 15.8. The summed E-state index contributed by atoms with van der Waals surface area (Å²) in [5.41, 5.74) is 1.82. The first-order valence-corrected chi connectivity index (χ1v) is 7.92. The number of carbonyl (C=O) groups is 2. The van der Waals surface area contributed by atoms with Gasteiger partial charge in [-0.05, 0) is 24.6 Å².